The third kappa shape index (κ3) is 17.4. The molecule has 2 aromatic carbocycles. The number of pyridine rings is 1. The number of piperidine rings is 1. The molecule has 0 saturated carbocycles. The van der Waals surface area contributed by atoms with Crippen molar-refractivity contribution in [2.24, 2.45) is 11.7 Å². The molecule has 0 aliphatic carbocycles. The zero-order valence-electron chi connectivity index (χ0n) is 39.1. The van der Waals surface area contributed by atoms with Crippen LogP contribution in [0.1, 0.15) is 72.9 Å². The lowest BCUT2D eigenvalue weighted by molar-refractivity contribution is -0.271. The molecular weight excluding hydrogens is 945 g/mol. The highest BCUT2D eigenvalue weighted by atomic mass is 16.7. The van der Waals surface area contributed by atoms with Crippen molar-refractivity contribution < 1.29 is 78.1 Å². The molecule has 6 atom stereocenters. The highest BCUT2D eigenvalue weighted by molar-refractivity contribution is 5.97. The van der Waals surface area contributed by atoms with Gasteiger partial charge in [-0.1, -0.05) is 31.0 Å². The molecular formula is C48H60N8O16. The molecule has 2 fully saturated rings. The number of carboxylic acids is 2. The molecule has 2 aliphatic rings. The summed E-state index contributed by atoms with van der Waals surface area (Å²) in [5.41, 5.74) is 7.23. The first-order valence-electron chi connectivity index (χ1n) is 23.2. The minimum atomic E-state index is -2.01. The number of hydrogen-bond donors (Lipinski definition) is 11. The first kappa shape index (κ1) is 55.4. The SMILES string of the molecule is NCC(NC(=O)CCC(=O)O)C(=O)NCCC(=O)Nc1cc(COC(=O)Nc2cccc(C(=O)N3CCC(CCCCNC(=O)/C=C/c4cccnc4)CC3)c2)ccc1OC1OC(C(=O)O)C(O)[C@H](O)[C@@H]1O. The van der Waals surface area contributed by atoms with Gasteiger partial charge in [-0.25, -0.2) is 9.59 Å². The van der Waals surface area contributed by atoms with E-state index in [1.165, 1.54) is 30.3 Å². The number of carbonyl (C=O) groups is 8. The molecule has 72 heavy (non-hydrogen) atoms. The lowest BCUT2D eigenvalue weighted by Gasteiger charge is -2.38. The second-order valence-corrected chi connectivity index (χ2v) is 16.9. The van der Waals surface area contributed by atoms with Crippen LogP contribution in [0, 0.1) is 5.92 Å². The molecule has 0 bridgehead atoms. The molecule has 3 heterocycles. The number of nitrogens with one attached hydrogen (secondary N) is 5. The fourth-order valence-electron chi connectivity index (χ4n) is 7.61. The van der Waals surface area contributed by atoms with Gasteiger partial charge in [0.2, 0.25) is 29.9 Å². The van der Waals surface area contributed by atoms with Gasteiger partial charge in [-0.05, 0) is 78.8 Å². The van der Waals surface area contributed by atoms with Crippen molar-refractivity contribution in [3.8, 4) is 5.75 Å². The van der Waals surface area contributed by atoms with Gasteiger partial charge >= 0.3 is 18.0 Å². The summed E-state index contributed by atoms with van der Waals surface area (Å²) in [6, 6.07) is 12.8. The lowest BCUT2D eigenvalue weighted by atomic mass is 9.91. The fourth-order valence-corrected chi connectivity index (χ4v) is 7.61. The number of likely N-dealkylation sites (tertiary alicyclic amines) is 1. The second kappa shape index (κ2) is 27.8. The Labute approximate surface area is 413 Å². The van der Waals surface area contributed by atoms with Crippen molar-refractivity contribution in [3.63, 3.8) is 0 Å². The van der Waals surface area contributed by atoms with Crippen LogP contribution in [0.4, 0.5) is 16.2 Å². The summed E-state index contributed by atoms with van der Waals surface area (Å²) in [5, 5.41) is 62.1. The van der Waals surface area contributed by atoms with Crippen LogP contribution in [0.15, 0.2) is 73.1 Å². The Morgan fingerprint density at radius 3 is 2.33 bits per heavy atom. The third-order valence-electron chi connectivity index (χ3n) is 11.6. The van der Waals surface area contributed by atoms with Crippen molar-refractivity contribution >= 4 is 65.0 Å². The average Bonchev–Trinajstić information content (AvgIpc) is 3.36. The first-order valence-corrected chi connectivity index (χ1v) is 23.2. The quantitative estimate of drug-likeness (QED) is 0.0435. The number of anilines is 2. The van der Waals surface area contributed by atoms with E-state index >= 15 is 0 Å². The maximum Gasteiger partial charge on any atom is 0.411 e. The van der Waals surface area contributed by atoms with Crippen LogP contribution >= 0.6 is 0 Å². The number of aliphatic carboxylic acids is 2. The number of ether oxygens (including phenoxy) is 3. The van der Waals surface area contributed by atoms with Gasteiger partial charge in [-0.3, -0.25) is 39.1 Å². The predicted molar refractivity (Wildman–Crippen MR) is 255 cm³/mol. The molecule has 24 nitrogen and oxygen atoms in total. The molecule has 12 N–H and O–H groups in total. The molecule has 4 unspecified atom stereocenters. The maximum atomic E-state index is 13.5. The molecule has 388 valence electrons. The third-order valence-corrected chi connectivity index (χ3v) is 11.6. The van der Waals surface area contributed by atoms with Crippen LogP contribution in [0.2, 0.25) is 0 Å². The van der Waals surface area contributed by atoms with E-state index in [1.807, 2.05) is 6.07 Å². The molecule has 3 aromatic rings. The van der Waals surface area contributed by atoms with E-state index in [-0.39, 0.29) is 60.6 Å². The molecule has 2 aliphatic heterocycles. The van der Waals surface area contributed by atoms with Crippen LogP contribution in [0.3, 0.4) is 0 Å². The number of aliphatic hydroxyl groups is 3. The summed E-state index contributed by atoms with van der Waals surface area (Å²) < 4.78 is 16.4. The molecule has 0 radical (unpaired) electrons. The number of carboxylic acid groups (broad SMARTS) is 2. The first-order chi connectivity index (χ1) is 34.5. The Morgan fingerprint density at radius 2 is 1.62 bits per heavy atom. The van der Waals surface area contributed by atoms with Crippen LogP contribution in [-0.2, 0) is 44.8 Å². The van der Waals surface area contributed by atoms with Crippen molar-refractivity contribution in [2.75, 3.05) is 43.4 Å². The van der Waals surface area contributed by atoms with Gasteiger partial charge in [0, 0.05) is 75.3 Å². The van der Waals surface area contributed by atoms with Crippen LogP contribution < -0.4 is 37.1 Å². The molecule has 5 rings (SSSR count). The van der Waals surface area contributed by atoms with Gasteiger partial charge in [0.05, 0.1) is 12.1 Å². The molecule has 2 saturated heterocycles. The minimum absolute atomic E-state index is 0.121. The summed E-state index contributed by atoms with van der Waals surface area (Å²) in [4.78, 5) is 105. The van der Waals surface area contributed by atoms with E-state index in [2.05, 4.69) is 31.6 Å². The number of aromatic nitrogens is 1. The summed E-state index contributed by atoms with van der Waals surface area (Å²) in [7, 11) is 0. The molecule has 1 aromatic heterocycles. The summed E-state index contributed by atoms with van der Waals surface area (Å²) in [5.74, 6) is -5.21. The van der Waals surface area contributed by atoms with Gasteiger partial charge < -0.3 is 71.6 Å². The second-order valence-electron chi connectivity index (χ2n) is 16.9. The van der Waals surface area contributed by atoms with Crippen LogP contribution in [-0.4, -0.2) is 152 Å². The number of nitrogens with zero attached hydrogens (tertiary/aromatic N) is 2. The zero-order valence-corrected chi connectivity index (χ0v) is 39.1. The maximum absolute atomic E-state index is 13.5. The highest BCUT2D eigenvalue weighted by Crippen LogP contribution is 2.32. The Balaban J connectivity index is 1.12. The van der Waals surface area contributed by atoms with Gasteiger partial charge in [-0.15, -0.1) is 0 Å². The van der Waals surface area contributed by atoms with E-state index in [4.69, 9.17) is 25.1 Å². The lowest BCUT2D eigenvalue weighted by Crippen LogP contribution is -2.61. The van der Waals surface area contributed by atoms with E-state index in [0.717, 1.165) is 37.7 Å². The fraction of sp³-hybridized carbons (Fsp3) is 0.438. The number of hydrogen-bond acceptors (Lipinski definition) is 16. The van der Waals surface area contributed by atoms with Crippen LogP contribution in [0.5, 0.6) is 5.75 Å². The average molecular weight is 1010 g/mol. The highest BCUT2D eigenvalue weighted by Gasteiger charge is 2.48. The number of nitrogens with two attached hydrogens (primary N) is 1. The molecule has 6 amide bonds. The number of benzene rings is 2. The van der Waals surface area contributed by atoms with Gasteiger partial charge in [0.15, 0.2) is 6.10 Å². The van der Waals surface area contributed by atoms with Crippen LogP contribution in [0.25, 0.3) is 6.08 Å². The number of carbonyl (C=O) groups excluding carboxylic acids is 6. The Bertz CT molecular complexity index is 2400. The summed E-state index contributed by atoms with van der Waals surface area (Å²) in [6.45, 7) is 0.710. The van der Waals surface area contributed by atoms with E-state index in [9.17, 15) is 58.8 Å². The number of rotatable bonds is 24. The minimum Gasteiger partial charge on any atom is -0.481 e. The van der Waals surface area contributed by atoms with Crippen molar-refractivity contribution in [1.29, 1.82) is 0 Å². The zero-order chi connectivity index (χ0) is 52.2. The van der Waals surface area contributed by atoms with Gasteiger partial charge in [0.25, 0.3) is 5.91 Å². The Morgan fingerprint density at radius 1 is 0.847 bits per heavy atom. The van der Waals surface area contributed by atoms with Crippen molar-refractivity contribution in [3.05, 3.63) is 89.8 Å². The Kier molecular flexibility index (Phi) is 21.4. The smallest absolute Gasteiger partial charge is 0.411 e. The van der Waals surface area contributed by atoms with E-state index in [0.29, 0.717) is 31.1 Å². The van der Waals surface area contributed by atoms with Crippen molar-refractivity contribution in [1.82, 2.24) is 25.8 Å². The summed E-state index contributed by atoms with van der Waals surface area (Å²) >= 11 is 0. The van der Waals surface area contributed by atoms with Gasteiger partial charge in [-0.2, -0.15) is 0 Å². The predicted octanol–water partition coefficient (Wildman–Crippen LogP) is 0.707. The number of unbranched alkanes of at least 4 members (excludes halogenated alkanes) is 1. The van der Waals surface area contributed by atoms with Crippen molar-refractivity contribution in [2.45, 2.75) is 94.7 Å². The van der Waals surface area contributed by atoms with E-state index in [1.54, 1.807) is 47.6 Å². The normalized spacial score (nSPS) is 19.3. The van der Waals surface area contributed by atoms with E-state index < -0.39 is 85.3 Å². The molecule has 24 heteroatoms. The molecule has 0 spiro atoms. The number of amides is 6. The topological polar surface area (TPSA) is 368 Å². The number of aliphatic hydroxyl groups excluding tert-OH is 3. The van der Waals surface area contributed by atoms with Gasteiger partial charge in [0.1, 0.15) is 36.7 Å². The monoisotopic (exact) mass is 1000 g/mol. The Hall–Kier alpha value is -7.51. The standard InChI is InChI=1S/C48H60N8O16/c49-25-34(55-37(58)13-14-39(60)61)44(65)52-20-15-38(59)54-33-23-30(9-11-35(33)71-47-42(64)40(62)41(63)43(72-47)46(67)68)27-70-48(69)53-32-8-3-7-31(24-32)45(66)56-21-16-28(17-22-56)5-1-2-19-51-36(57)12-10-29-6-4-18-50-26-29/h3-4,6-12,18,23-24,26,28,34,40-43,47,62-64H,1-2,5,13-17,19-22,25,27,49H2,(H,51,57)(H,52,65)(H,53,69)(H,54,59)(H,55,58)(H,60,61)(H,67,68)/b12-10+/t34?,40-,41?,42-,43?,47?/m0/s1. The largest absolute Gasteiger partial charge is 0.481 e. The summed E-state index contributed by atoms with van der Waals surface area (Å²) in [6.07, 6.45) is -1.01.